The summed E-state index contributed by atoms with van der Waals surface area (Å²) in [6.45, 7) is 2.05. The van der Waals surface area contributed by atoms with Crippen LogP contribution in [-0.4, -0.2) is 26.0 Å². The zero-order valence-corrected chi connectivity index (χ0v) is 15.3. The van der Waals surface area contributed by atoms with Gasteiger partial charge in [0.05, 0.1) is 10.8 Å². The largest absolute Gasteiger partial charge is 0.478 e. The van der Waals surface area contributed by atoms with E-state index < -0.39 is 20.9 Å². The van der Waals surface area contributed by atoms with Gasteiger partial charge >= 0.3 is 5.97 Å². The molecule has 0 aliphatic heterocycles. The number of nitroso groups, excluding NO2 is 1. The van der Waals surface area contributed by atoms with Gasteiger partial charge in [0, 0.05) is 6.54 Å². The van der Waals surface area contributed by atoms with Crippen molar-refractivity contribution < 1.29 is 23.1 Å². The standard InChI is InChI=1S/C17H19N3O6S/c1-2-3-9-20(19-23)14-10-12(17(21)22)11-15(27(18,24)25)16(14)26-13-7-5-4-6-8-13/h4-8,10-11H,2-3,9H2,1H3,(H,21,22)(H2,18,24,25). The molecule has 0 radical (unpaired) electrons. The molecule has 0 spiro atoms. The molecular weight excluding hydrogens is 374 g/mol. The Kier molecular flexibility index (Phi) is 6.48. The van der Waals surface area contributed by atoms with Gasteiger partial charge < -0.3 is 9.84 Å². The minimum absolute atomic E-state index is 0.0915. The third-order valence-corrected chi connectivity index (χ3v) is 4.57. The van der Waals surface area contributed by atoms with E-state index in [0.29, 0.717) is 6.42 Å². The Balaban J connectivity index is 2.74. The Morgan fingerprint density at radius 2 is 1.93 bits per heavy atom. The van der Waals surface area contributed by atoms with Crippen molar-refractivity contribution in [1.82, 2.24) is 0 Å². The van der Waals surface area contributed by atoms with Gasteiger partial charge in [0.15, 0.2) is 5.75 Å². The predicted molar refractivity (Wildman–Crippen MR) is 99.3 cm³/mol. The summed E-state index contributed by atoms with van der Waals surface area (Å²) in [5.41, 5.74) is -0.453. The Morgan fingerprint density at radius 3 is 2.44 bits per heavy atom. The third kappa shape index (κ3) is 5.02. The van der Waals surface area contributed by atoms with E-state index in [0.717, 1.165) is 23.6 Å². The van der Waals surface area contributed by atoms with Gasteiger partial charge in [-0.05, 0) is 30.7 Å². The van der Waals surface area contributed by atoms with E-state index in [1.807, 2.05) is 6.92 Å². The number of primary sulfonamides is 1. The first-order valence-electron chi connectivity index (χ1n) is 8.05. The van der Waals surface area contributed by atoms with Gasteiger partial charge in [-0.2, -0.15) is 0 Å². The number of hydrogen-bond donors (Lipinski definition) is 2. The summed E-state index contributed by atoms with van der Waals surface area (Å²) >= 11 is 0. The highest BCUT2D eigenvalue weighted by Crippen LogP contribution is 2.39. The normalized spacial score (nSPS) is 11.0. The van der Waals surface area contributed by atoms with Crippen molar-refractivity contribution in [3.8, 4) is 11.5 Å². The number of para-hydroxylation sites is 1. The van der Waals surface area contributed by atoms with E-state index in [1.165, 1.54) is 0 Å². The summed E-state index contributed by atoms with van der Waals surface area (Å²) in [7, 11) is -4.35. The van der Waals surface area contributed by atoms with Crippen molar-refractivity contribution in [2.75, 3.05) is 11.6 Å². The molecule has 0 aromatic heterocycles. The highest BCUT2D eigenvalue weighted by molar-refractivity contribution is 7.89. The van der Waals surface area contributed by atoms with Gasteiger partial charge in [0.1, 0.15) is 16.3 Å². The minimum Gasteiger partial charge on any atom is -0.478 e. The fourth-order valence-corrected chi connectivity index (χ4v) is 3.03. The highest BCUT2D eigenvalue weighted by Gasteiger charge is 2.26. The number of carbonyl (C=O) groups is 1. The van der Waals surface area contributed by atoms with Crippen LogP contribution < -0.4 is 14.9 Å². The van der Waals surface area contributed by atoms with E-state index in [2.05, 4.69) is 5.29 Å². The number of sulfonamides is 1. The molecule has 0 aliphatic rings. The number of aromatic carboxylic acids is 1. The number of anilines is 1. The lowest BCUT2D eigenvalue weighted by molar-refractivity contribution is 0.0696. The fraction of sp³-hybridized carbons (Fsp3) is 0.235. The second-order valence-corrected chi connectivity index (χ2v) is 7.18. The minimum atomic E-state index is -4.35. The van der Waals surface area contributed by atoms with Crippen LogP contribution in [0, 0.1) is 4.91 Å². The summed E-state index contributed by atoms with van der Waals surface area (Å²) < 4.78 is 29.8. The number of hydrogen-bond acceptors (Lipinski definition) is 6. The maximum Gasteiger partial charge on any atom is 0.335 e. The number of carboxylic acids is 1. The van der Waals surface area contributed by atoms with Crippen molar-refractivity contribution in [1.29, 1.82) is 0 Å². The summed E-state index contributed by atoms with van der Waals surface area (Å²) in [6, 6.07) is 10.3. The molecule has 144 valence electrons. The summed E-state index contributed by atoms with van der Waals surface area (Å²) in [6.07, 6.45) is 1.31. The molecule has 2 rings (SSSR count). The number of nitrogens with two attached hydrogens (primary N) is 1. The highest BCUT2D eigenvalue weighted by atomic mass is 32.2. The van der Waals surface area contributed by atoms with Crippen LogP contribution in [0.15, 0.2) is 52.6 Å². The topological polar surface area (TPSA) is 139 Å². The number of carboxylic acid groups (broad SMARTS) is 1. The number of unbranched alkanes of at least 4 members (excludes halogenated alkanes) is 1. The number of nitrogens with zero attached hydrogens (tertiary/aromatic N) is 2. The summed E-state index contributed by atoms with van der Waals surface area (Å²) in [4.78, 5) is 22.2. The first kappa shape index (κ1) is 20.3. The molecule has 9 nitrogen and oxygen atoms in total. The lowest BCUT2D eigenvalue weighted by atomic mass is 10.1. The molecule has 0 saturated heterocycles. The number of ether oxygens (including phenoxy) is 1. The molecule has 0 heterocycles. The van der Waals surface area contributed by atoms with Gasteiger partial charge in [0.2, 0.25) is 10.0 Å². The van der Waals surface area contributed by atoms with E-state index in [-0.39, 0.29) is 29.3 Å². The van der Waals surface area contributed by atoms with Crippen LogP contribution in [-0.2, 0) is 10.0 Å². The van der Waals surface area contributed by atoms with Gasteiger partial charge in [-0.15, -0.1) is 4.91 Å². The van der Waals surface area contributed by atoms with Crippen LogP contribution in [0.3, 0.4) is 0 Å². The van der Waals surface area contributed by atoms with Crippen LogP contribution in [0.5, 0.6) is 11.5 Å². The molecule has 0 saturated carbocycles. The molecule has 2 aromatic carbocycles. The van der Waals surface area contributed by atoms with Crippen LogP contribution in [0.4, 0.5) is 5.69 Å². The molecule has 2 aromatic rings. The Bertz CT molecular complexity index is 931. The number of rotatable bonds is 9. The zero-order chi connectivity index (χ0) is 20.0. The number of benzene rings is 2. The monoisotopic (exact) mass is 393 g/mol. The molecule has 0 bridgehead atoms. The van der Waals surface area contributed by atoms with Crippen molar-refractivity contribution in [2.24, 2.45) is 10.4 Å². The van der Waals surface area contributed by atoms with Crippen molar-refractivity contribution in [3.05, 3.63) is 52.9 Å². The lowest BCUT2D eigenvalue weighted by Crippen LogP contribution is -2.21. The van der Waals surface area contributed by atoms with Crippen molar-refractivity contribution in [3.63, 3.8) is 0 Å². The van der Waals surface area contributed by atoms with E-state index >= 15 is 0 Å². The summed E-state index contributed by atoms with van der Waals surface area (Å²) in [5.74, 6) is -1.36. The zero-order valence-electron chi connectivity index (χ0n) is 14.5. The Morgan fingerprint density at radius 1 is 1.26 bits per heavy atom. The molecule has 0 aliphatic carbocycles. The van der Waals surface area contributed by atoms with Gasteiger partial charge in [-0.1, -0.05) is 31.5 Å². The van der Waals surface area contributed by atoms with Crippen LogP contribution in [0.25, 0.3) is 0 Å². The molecule has 3 N–H and O–H groups in total. The first-order valence-corrected chi connectivity index (χ1v) is 9.60. The molecule has 0 amide bonds. The van der Waals surface area contributed by atoms with Crippen molar-refractivity contribution in [2.45, 2.75) is 24.7 Å². The van der Waals surface area contributed by atoms with E-state index in [9.17, 15) is 23.2 Å². The van der Waals surface area contributed by atoms with E-state index in [1.54, 1.807) is 30.3 Å². The molecule has 0 atom stereocenters. The van der Waals surface area contributed by atoms with Gasteiger partial charge in [-0.25, -0.2) is 23.4 Å². The van der Waals surface area contributed by atoms with E-state index in [4.69, 9.17) is 9.88 Å². The third-order valence-electron chi connectivity index (χ3n) is 3.65. The quantitative estimate of drug-likeness (QED) is 0.493. The smallest absolute Gasteiger partial charge is 0.335 e. The maximum atomic E-state index is 12.1. The first-order chi connectivity index (χ1) is 12.8. The Hall–Kier alpha value is -2.98. The second-order valence-electron chi connectivity index (χ2n) is 5.65. The average Bonchev–Trinajstić information content (AvgIpc) is 2.62. The van der Waals surface area contributed by atoms with Gasteiger partial charge in [-0.3, -0.25) is 0 Å². The molecule has 0 fully saturated rings. The SMILES string of the molecule is CCCCN(N=O)c1cc(C(=O)O)cc(S(N)(=O)=O)c1Oc1ccccc1. The summed E-state index contributed by atoms with van der Waals surface area (Å²) in [5, 5.41) is 18.4. The van der Waals surface area contributed by atoms with Crippen LogP contribution in [0.2, 0.25) is 0 Å². The lowest BCUT2D eigenvalue weighted by Gasteiger charge is -2.21. The predicted octanol–water partition coefficient (Wildman–Crippen LogP) is 3.11. The molecule has 27 heavy (non-hydrogen) atoms. The molecular formula is C17H19N3O6S. The molecule has 10 heteroatoms. The molecule has 0 unspecified atom stereocenters. The Labute approximate surface area is 156 Å². The van der Waals surface area contributed by atoms with Gasteiger partial charge in [0.25, 0.3) is 0 Å². The van der Waals surface area contributed by atoms with Crippen molar-refractivity contribution >= 4 is 21.7 Å². The van der Waals surface area contributed by atoms with Crippen LogP contribution in [0.1, 0.15) is 30.1 Å². The maximum absolute atomic E-state index is 12.1. The fourth-order valence-electron chi connectivity index (χ4n) is 2.34. The second kappa shape index (κ2) is 8.60. The average molecular weight is 393 g/mol. The van der Waals surface area contributed by atoms with Crippen LogP contribution >= 0.6 is 0 Å².